The van der Waals surface area contributed by atoms with E-state index < -0.39 is 5.91 Å². The van der Waals surface area contributed by atoms with Gasteiger partial charge < -0.3 is 20.5 Å². The first-order valence-corrected chi connectivity index (χ1v) is 7.89. The summed E-state index contributed by atoms with van der Waals surface area (Å²) in [7, 11) is 3.18. The van der Waals surface area contributed by atoms with Crippen molar-refractivity contribution in [2.45, 2.75) is 19.4 Å². The first-order chi connectivity index (χ1) is 12.0. The number of hydrogen-bond acceptors (Lipinski definition) is 4. The van der Waals surface area contributed by atoms with E-state index in [1.165, 1.54) is 0 Å². The Balaban J connectivity index is 1.89. The van der Waals surface area contributed by atoms with E-state index >= 15 is 0 Å². The van der Waals surface area contributed by atoms with Crippen molar-refractivity contribution < 1.29 is 19.1 Å². The Morgan fingerprint density at radius 1 is 1.00 bits per heavy atom. The second-order valence-corrected chi connectivity index (χ2v) is 5.56. The third kappa shape index (κ3) is 5.53. The van der Waals surface area contributed by atoms with E-state index in [0.29, 0.717) is 36.4 Å². The summed E-state index contributed by atoms with van der Waals surface area (Å²) in [6.07, 6.45) is 0.909. The molecule has 0 aromatic heterocycles. The summed E-state index contributed by atoms with van der Waals surface area (Å²) in [5.74, 6) is 0.822. The van der Waals surface area contributed by atoms with Gasteiger partial charge in [-0.2, -0.15) is 0 Å². The molecular weight excluding hydrogens is 320 g/mol. The van der Waals surface area contributed by atoms with E-state index in [4.69, 9.17) is 15.2 Å². The normalized spacial score (nSPS) is 10.2. The molecule has 0 radical (unpaired) electrons. The Hall–Kier alpha value is -3.02. The lowest BCUT2D eigenvalue weighted by molar-refractivity contribution is -0.121. The number of ether oxygens (including phenoxy) is 2. The molecule has 0 saturated carbocycles. The molecule has 2 rings (SSSR count). The van der Waals surface area contributed by atoms with Crippen LogP contribution in [0, 0.1) is 0 Å². The van der Waals surface area contributed by atoms with Gasteiger partial charge in [0.05, 0.1) is 14.2 Å². The van der Waals surface area contributed by atoms with Crippen molar-refractivity contribution in [1.82, 2.24) is 5.32 Å². The van der Waals surface area contributed by atoms with Crippen LogP contribution in [0.5, 0.6) is 11.5 Å². The summed E-state index contributed by atoms with van der Waals surface area (Å²) in [6, 6.07) is 12.4. The minimum atomic E-state index is -0.486. The van der Waals surface area contributed by atoms with Crippen LogP contribution in [0.3, 0.4) is 0 Å². The number of carbonyl (C=O) groups is 2. The molecule has 0 unspecified atom stereocenters. The quantitative estimate of drug-likeness (QED) is 0.768. The molecule has 0 aliphatic heterocycles. The maximum Gasteiger partial charge on any atom is 0.248 e. The third-order valence-corrected chi connectivity index (χ3v) is 3.75. The highest BCUT2D eigenvalue weighted by Crippen LogP contribution is 2.23. The lowest BCUT2D eigenvalue weighted by Gasteiger charge is -2.09. The predicted molar refractivity (Wildman–Crippen MR) is 94.7 cm³/mol. The van der Waals surface area contributed by atoms with Crippen LogP contribution in [-0.2, 0) is 17.8 Å². The highest BCUT2D eigenvalue weighted by Gasteiger charge is 2.07. The Kier molecular flexibility index (Phi) is 6.39. The minimum Gasteiger partial charge on any atom is -0.497 e. The van der Waals surface area contributed by atoms with Gasteiger partial charge in [-0.15, -0.1) is 0 Å². The van der Waals surface area contributed by atoms with Crippen LogP contribution in [0.15, 0.2) is 42.5 Å². The number of methoxy groups -OCH3 is 2. The third-order valence-electron chi connectivity index (χ3n) is 3.75. The number of nitrogens with two attached hydrogens (primary N) is 1. The molecule has 0 spiro atoms. The molecule has 0 saturated heterocycles. The number of hydrogen-bond donors (Lipinski definition) is 2. The first kappa shape index (κ1) is 18.3. The van der Waals surface area contributed by atoms with Crippen molar-refractivity contribution in [3.05, 3.63) is 59.2 Å². The molecule has 2 aromatic carbocycles. The van der Waals surface area contributed by atoms with Gasteiger partial charge in [-0.25, -0.2) is 0 Å². The second kappa shape index (κ2) is 8.73. The molecule has 6 heteroatoms. The Labute approximate surface area is 146 Å². The zero-order chi connectivity index (χ0) is 18.2. The predicted octanol–water partition coefficient (Wildman–Crippen LogP) is 2.05. The van der Waals surface area contributed by atoms with E-state index in [0.717, 1.165) is 11.1 Å². The number of aryl methyl sites for hydroxylation is 1. The van der Waals surface area contributed by atoms with Crippen LogP contribution in [0.2, 0.25) is 0 Å². The number of rotatable bonds is 8. The van der Waals surface area contributed by atoms with Crippen molar-refractivity contribution in [3.8, 4) is 11.5 Å². The summed E-state index contributed by atoms with van der Waals surface area (Å²) in [5, 5.41) is 2.84. The molecule has 3 N–H and O–H groups in total. The van der Waals surface area contributed by atoms with E-state index in [1.54, 1.807) is 38.5 Å². The van der Waals surface area contributed by atoms with Gasteiger partial charge in [0, 0.05) is 24.6 Å². The lowest BCUT2D eigenvalue weighted by atomic mass is 10.1. The van der Waals surface area contributed by atoms with Gasteiger partial charge in [0.1, 0.15) is 11.5 Å². The smallest absolute Gasteiger partial charge is 0.248 e. The number of benzene rings is 2. The maximum atomic E-state index is 12.1. The van der Waals surface area contributed by atoms with Crippen molar-refractivity contribution in [2.24, 2.45) is 5.73 Å². The number of nitrogens with one attached hydrogen (secondary N) is 1. The lowest BCUT2D eigenvalue weighted by Crippen LogP contribution is -2.23. The summed E-state index contributed by atoms with van der Waals surface area (Å²) >= 11 is 0. The average Bonchev–Trinajstić information content (AvgIpc) is 2.64. The second-order valence-electron chi connectivity index (χ2n) is 5.56. The minimum absolute atomic E-state index is 0.0775. The van der Waals surface area contributed by atoms with Crippen molar-refractivity contribution in [3.63, 3.8) is 0 Å². The Morgan fingerprint density at radius 3 is 2.28 bits per heavy atom. The van der Waals surface area contributed by atoms with E-state index in [-0.39, 0.29) is 5.91 Å². The number of primary amides is 1. The average molecular weight is 342 g/mol. The van der Waals surface area contributed by atoms with E-state index in [9.17, 15) is 9.59 Å². The molecule has 0 aliphatic carbocycles. The molecule has 0 bridgehead atoms. The molecule has 0 heterocycles. The molecule has 2 aromatic rings. The fourth-order valence-electron chi connectivity index (χ4n) is 2.39. The summed E-state index contributed by atoms with van der Waals surface area (Å²) in [4.78, 5) is 23.2. The standard InChI is InChI=1S/C19H22N2O4/c1-24-16-9-13(10-17(11-16)25-2)6-7-18(22)21-12-14-4-3-5-15(8-14)19(20)23/h3-5,8-11H,6-7,12H2,1-2H3,(H2,20,23)(H,21,22). The monoisotopic (exact) mass is 342 g/mol. The molecule has 132 valence electrons. The molecule has 25 heavy (non-hydrogen) atoms. The molecule has 0 aliphatic rings. The van der Waals surface area contributed by atoms with Crippen molar-refractivity contribution in [1.29, 1.82) is 0 Å². The first-order valence-electron chi connectivity index (χ1n) is 7.89. The van der Waals surface area contributed by atoms with Gasteiger partial charge in [-0.05, 0) is 41.8 Å². The number of carbonyl (C=O) groups excluding carboxylic acids is 2. The Bertz CT molecular complexity index is 737. The van der Waals surface area contributed by atoms with Gasteiger partial charge in [0.15, 0.2) is 0 Å². The summed E-state index contributed by atoms with van der Waals surface area (Å²) in [5.41, 5.74) is 7.46. The maximum absolute atomic E-state index is 12.1. The van der Waals surface area contributed by atoms with Gasteiger partial charge in [0.2, 0.25) is 11.8 Å². The van der Waals surface area contributed by atoms with Crippen LogP contribution >= 0.6 is 0 Å². The SMILES string of the molecule is COc1cc(CCC(=O)NCc2cccc(C(N)=O)c2)cc(OC)c1. The molecule has 2 amide bonds. The summed E-state index contributed by atoms with van der Waals surface area (Å²) in [6.45, 7) is 0.349. The zero-order valence-electron chi connectivity index (χ0n) is 14.4. The van der Waals surface area contributed by atoms with Gasteiger partial charge in [0.25, 0.3) is 0 Å². The molecule has 6 nitrogen and oxygen atoms in total. The van der Waals surface area contributed by atoms with Crippen LogP contribution in [0.4, 0.5) is 0 Å². The van der Waals surface area contributed by atoms with Gasteiger partial charge >= 0.3 is 0 Å². The fraction of sp³-hybridized carbons (Fsp3) is 0.263. The van der Waals surface area contributed by atoms with Crippen molar-refractivity contribution >= 4 is 11.8 Å². The topological polar surface area (TPSA) is 90.6 Å². The largest absolute Gasteiger partial charge is 0.497 e. The summed E-state index contributed by atoms with van der Waals surface area (Å²) < 4.78 is 10.4. The van der Waals surface area contributed by atoms with Crippen LogP contribution in [-0.4, -0.2) is 26.0 Å². The van der Waals surface area contributed by atoms with Crippen LogP contribution in [0.25, 0.3) is 0 Å². The van der Waals surface area contributed by atoms with Gasteiger partial charge in [-0.1, -0.05) is 12.1 Å². The fourth-order valence-corrected chi connectivity index (χ4v) is 2.39. The highest BCUT2D eigenvalue weighted by atomic mass is 16.5. The number of amides is 2. The Morgan fingerprint density at radius 2 is 1.68 bits per heavy atom. The molecule has 0 atom stereocenters. The van der Waals surface area contributed by atoms with Crippen molar-refractivity contribution in [2.75, 3.05) is 14.2 Å². The van der Waals surface area contributed by atoms with Crippen LogP contribution in [0.1, 0.15) is 27.9 Å². The van der Waals surface area contributed by atoms with E-state index in [2.05, 4.69) is 5.32 Å². The highest BCUT2D eigenvalue weighted by molar-refractivity contribution is 5.92. The zero-order valence-corrected chi connectivity index (χ0v) is 14.4. The van der Waals surface area contributed by atoms with E-state index in [1.807, 2.05) is 18.2 Å². The molecular formula is C19H22N2O4. The van der Waals surface area contributed by atoms with Gasteiger partial charge in [-0.3, -0.25) is 9.59 Å². The molecule has 0 fully saturated rings. The van der Waals surface area contributed by atoms with Crippen LogP contribution < -0.4 is 20.5 Å².